The highest BCUT2D eigenvalue weighted by Crippen LogP contribution is 2.22. The van der Waals surface area contributed by atoms with Crippen LogP contribution in [0.25, 0.3) is 0 Å². The molecule has 0 aliphatic carbocycles. The number of hydrogen-bond donors (Lipinski definition) is 1. The van der Waals surface area contributed by atoms with E-state index in [0.29, 0.717) is 18.9 Å². The van der Waals surface area contributed by atoms with Crippen molar-refractivity contribution < 1.29 is 9.53 Å². The molecule has 0 fully saturated rings. The van der Waals surface area contributed by atoms with Gasteiger partial charge in [0, 0.05) is 31.4 Å². The van der Waals surface area contributed by atoms with Crippen molar-refractivity contribution in [3.05, 3.63) is 16.1 Å². The van der Waals surface area contributed by atoms with Gasteiger partial charge in [-0.3, -0.25) is 4.79 Å². The molecule has 1 amide bonds. The second-order valence-electron chi connectivity index (χ2n) is 5.00. The van der Waals surface area contributed by atoms with Gasteiger partial charge in [-0.15, -0.1) is 11.3 Å². The maximum Gasteiger partial charge on any atom is 0.220 e. The summed E-state index contributed by atoms with van der Waals surface area (Å²) in [5.41, 5.74) is 0.957. The van der Waals surface area contributed by atoms with E-state index in [9.17, 15) is 4.79 Å². The summed E-state index contributed by atoms with van der Waals surface area (Å²) in [4.78, 5) is 16.3. The van der Waals surface area contributed by atoms with E-state index < -0.39 is 0 Å². The zero-order valence-corrected chi connectivity index (χ0v) is 13.0. The number of methoxy groups -OCH3 is 1. The molecule has 0 aliphatic heterocycles. The first kappa shape index (κ1) is 16.1. The topological polar surface area (TPSA) is 51.2 Å². The van der Waals surface area contributed by atoms with Crippen LogP contribution in [-0.2, 0) is 9.53 Å². The van der Waals surface area contributed by atoms with Gasteiger partial charge in [-0.25, -0.2) is 4.98 Å². The van der Waals surface area contributed by atoms with Crippen molar-refractivity contribution >= 4 is 17.2 Å². The molecule has 1 aromatic heterocycles. The molecule has 1 N–H and O–H groups in total. The quantitative estimate of drug-likeness (QED) is 0.745. The predicted octanol–water partition coefficient (Wildman–Crippen LogP) is 3.26. The zero-order valence-electron chi connectivity index (χ0n) is 12.2. The van der Waals surface area contributed by atoms with Gasteiger partial charge < -0.3 is 10.1 Å². The molecule has 0 bridgehead atoms. The number of ether oxygens (including phenoxy) is 1. The number of carbonyl (C=O) groups is 1. The summed E-state index contributed by atoms with van der Waals surface area (Å²) in [6, 6.07) is -0.0151. The number of rotatable bonds is 8. The third-order valence-corrected chi connectivity index (χ3v) is 4.02. The Morgan fingerprint density at radius 3 is 2.74 bits per heavy atom. The number of nitrogens with one attached hydrogen (secondary N) is 1. The summed E-state index contributed by atoms with van der Waals surface area (Å²) in [6.45, 7) is 6.95. The van der Waals surface area contributed by atoms with Crippen LogP contribution in [0.4, 0.5) is 0 Å². The molecule has 0 saturated carbocycles. The van der Waals surface area contributed by atoms with Crippen LogP contribution in [0.2, 0.25) is 0 Å². The number of hydrogen-bond acceptors (Lipinski definition) is 4. The zero-order chi connectivity index (χ0) is 14.3. The smallest absolute Gasteiger partial charge is 0.220 e. The molecule has 0 spiro atoms. The Kier molecular flexibility index (Phi) is 7.02. The summed E-state index contributed by atoms with van der Waals surface area (Å²) in [7, 11) is 1.68. The number of amides is 1. The third kappa shape index (κ3) is 5.70. The summed E-state index contributed by atoms with van der Waals surface area (Å²) in [6.07, 6.45) is 2.34. The number of nitrogens with zero attached hydrogens (tertiary/aromatic N) is 1. The summed E-state index contributed by atoms with van der Waals surface area (Å²) < 4.78 is 4.96. The van der Waals surface area contributed by atoms with E-state index in [1.54, 1.807) is 18.4 Å². The van der Waals surface area contributed by atoms with E-state index in [2.05, 4.69) is 24.1 Å². The third-order valence-electron chi connectivity index (χ3n) is 2.86. The molecule has 1 atom stereocenters. The van der Waals surface area contributed by atoms with Crippen molar-refractivity contribution in [3.8, 4) is 0 Å². The second kappa shape index (κ2) is 8.27. The first-order valence-electron chi connectivity index (χ1n) is 6.78. The number of thiazole rings is 1. The Bertz CT molecular complexity index is 391. The molecule has 0 aliphatic rings. The number of unbranched alkanes of at least 4 members (excludes halogenated alkanes) is 1. The molecule has 0 saturated heterocycles. The van der Waals surface area contributed by atoms with Gasteiger partial charge in [-0.05, 0) is 19.8 Å². The van der Waals surface area contributed by atoms with Crippen molar-refractivity contribution in [1.82, 2.24) is 10.3 Å². The highest BCUT2D eigenvalue weighted by molar-refractivity contribution is 7.09. The van der Waals surface area contributed by atoms with Crippen molar-refractivity contribution in [3.63, 3.8) is 0 Å². The Labute approximate surface area is 119 Å². The van der Waals surface area contributed by atoms with Gasteiger partial charge in [-0.2, -0.15) is 0 Å². The highest BCUT2D eigenvalue weighted by Gasteiger charge is 2.13. The molecule has 19 heavy (non-hydrogen) atoms. The van der Waals surface area contributed by atoms with E-state index in [1.807, 2.05) is 12.3 Å². The van der Waals surface area contributed by atoms with Gasteiger partial charge in [0.25, 0.3) is 0 Å². The number of aromatic nitrogens is 1. The fraction of sp³-hybridized carbons (Fsp3) is 0.714. The van der Waals surface area contributed by atoms with Gasteiger partial charge >= 0.3 is 0 Å². The lowest BCUT2D eigenvalue weighted by Crippen LogP contribution is -2.26. The van der Waals surface area contributed by atoms with Crippen molar-refractivity contribution in [1.29, 1.82) is 0 Å². The van der Waals surface area contributed by atoms with Crippen LogP contribution in [0.5, 0.6) is 0 Å². The lowest BCUT2D eigenvalue weighted by atomic mass is 10.2. The number of carbonyl (C=O) groups excluding carboxylic acids is 1. The average Bonchev–Trinajstić information content (AvgIpc) is 2.84. The molecule has 0 aromatic carbocycles. The summed E-state index contributed by atoms with van der Waals surface area (Å²) in [5, 5.41) is 6.14. The van der Waals surface area contributed by atoms with E-state index in [1.165, 1.54) is 0 Å². The fourth-order valence-corrected chi connectivity index (χ4v) is 2.61. The van der Waals surface area contributed by atoms with E-state index in [0.717, 1.165) is 23.5 Å². The molecular formula is C14H24N2O2S. The minimum Gasteiger partial charge on any atom is -0.385 e. The lowest BCUT2D eigenvalue weighted by Gasteiger charge is -2.11. The largest absolute Gasteiger partial charge is 0.385 e. The minimum atomic E-state index is -0.0151. The van der Waals surface area contributed by atoms with E-state index in [-0.39, 0.29) is 11.9 Å². The van der Waals surface area contributed by atoms with Crippen LogP contribution in [0.1, 0.15) is 62.7 Å². The van der Waals surface area contributed by atoms with Gasteiger partial charge in [-0.1, -0.05) is 13.8 Å². The summed E-state index contributed by atoms with van der Waals surface area (Å²) >= 11 is 1.66. The van der Waals surface area contributed by atoms with Gasteiger partial charge in [0.1, 0.15) is 0 Å². The Balaban J connectivity index is 2.36. The highest BCUT2D eigenvalue weighted by atomic mass is 32.1. The van der Waals surface area contributed by atoms with Gasteiger partial charge in [0.15, 0.2) is 0 Å². The summed E-state index contributed by atoms with van der Waals surface area (Å²) in [5.74, 6) is 0.526. The molecular weight excluding hydrogens is 260 g/mol. The lowest BCUT2D eigenvalue weighted by molar-refractivity contribution is -0.121. The Morgan fingerprint density at radius 1 is 1.42 bits per heavy atom. The van der Waals surface area contributed by atoms with Crippen LogP contribution in [0, 0.1) is 0 Å². The Hall–Kier alpha value is -0.940. The fourth-order valence-electron chi connectivity index (χ4n) is 1.68. The Morgan fingerprint density at radius 2 is 2.16 bits per heavy atom. The normalized spacial score (nSPS) is 12.7. The van der Waals surface area contributed by atoms with Crippen LogP contribution in [0.15, 0.2) is 5.38 Å². The van der Waals surface area contributed by atoms with Crippen molar-refractivity contribution in [2.24, 2.45) is 0 Å². The predicted molar refractivity (Wildman–Crippen MR) is 78.5 cm³/mol. The van der Waals surface area contributed by atoms with E-state index >= 15 is 0 Å². The van der Waals surface area contributed by atoms with Crippen LogP contribution < -0.4 is 5.32 Å². The molecule has 5 heteroatoms. The average molecular weight is 284 g/mol. The van der Waals surface area contributed by atoms with Crippen LogP contribution >= 0.6 is 11.3 Å². The molecule has 108 valence electrons. The molecule has 1 aromatic rings. The van der Waals surface area contributed by atoms with Crippen molar-refractivity contribution in [2.75, 3.05) is 13.7 Å². The maximum absolute atomic E-state index is 11.8. The minimum absolute atomic E-state index is 0.0151. The van der Waals surface area contributed by atoms with E-state index in [4.69, 9.17) is 4.74 Å². The molecule has 1 heterocycles. The first-order chi connectivity index (χ1) is 9.04. The van der Waals surface area contributed by atoms with Gasteiger partial charge in [0.2, 0.25) is 5.91 Å². The standard InChI is InChI=1S/C14H24N2O2S/c1-10(2)14-16-12(9-19-14)11(3)15-13(17)7-5-6-8-18-4/h9-11H,5-8H2,1-4H3,(H,15,17)/t11-/m0/s1. The molecule has 0 radical (unpaired) electrons. The van der Waals surface area contributed by atoms with Crippen molar-refractivity contribution in [2.45, 2.75) is 52.0 Å². The van der Waals surface area contributed by atoms with Crippen LogP contribution in [0.3, 0.4) is 0 Å². The SMILES string of the molecule is COCCCCC(=O)N[C@@H](C)c1csc(C(C)C)n1. The monoisotopic (exact) mass is 284 g/mol. The molecule has 1 rings (SSSR count). The van der Waals surface area contributed by atoms with Gasteiger partial charge in [0.05, 0.1) is 16.7 Å². The second-order valence-corrected chi connectivity index (χ2v) is 5.89. The molecule has 0 unspecified atom stereocenters. The van der Waals surface area contributed by atoms with Crippen LogP contribution in [-0.4, -0.2) is 24.6 Å². The molecule has 4 nitrogen and oxygen atoms in total. The maximum atomic E-state index is 11.8. The first-order valence-corrected chi connectivity index (χ1v) is 7.66.